The van der Waals surface area contributed by atoms with Gasteiger partial charge in [-0.1, -0.05) is 35.5 Å². The molecule has 0 radical (unpaired) electrons. The van der Waals surface area contributed by atoms with E-state index in [-0.39, 0.29) is 17.9 Å². The molecule has 0 aliphatic carbocycles. The fourth-order valence-electron chi connectivity index (χ4n) is 3.67. The van der Waals surface area contributed by atoms with Gasteiger partial charge >= 0.3 is 0 Å². The van der Waals surface area contributed by atoms with Crippen molar-refractivity contribution < 1.29 is 14.1 Å². The second-order valence-electron chi connectivity index (χ2n) is 7.34. The van der Waals surface area contributed by atoms with Crippen LogP contribution in [-0.2, 0) is 4.79 Å². The van der Waals surface area contributed by atoms with Gasteiger partial charge in [-0.15, -0.1) is 0 Å². The molecule has 1 fully saturated rings. The summed E-state index contributed by atoms with van der Waals surface area (Å²) >= 11 is 0. The molecule has 6 nitrogen and oxygen atoms in total. The highest BCUT2D eigenvalue weighted by Crippen LogP contribution is 2.24. The van der Waals surface area contributed by atoms with Gasteiger partial charge in [0.1, 0.15) is 11.3 Å². The van der Waals surface area contributed by atoms with E-state index in [1.807, 2.05) is 42.2 Å². The summed E-state index contributed by atoms with van der Waals surface area (Å²) in [7, 11) is 0. The molecule has 1 aliphatic heterocycles. The van der Waals surface area contributed by atoms with Crippen LogP contribution in [0, 0.1) is 19.8 Å². The molecular formula is C21H27N3O3. The average molecular weight is 369 g/mol. The Labute approximate surface area is 159 Å². The van der Waals surface area contributed by atoms with Gasteiger partial charge in [0.05, 0.1) is 11.7 Å². The van der Waals surface area contributed by atoms with Crippen LogP contribution in [0.1, 0.15) is 59.6 Å². The maximum atomic E-state index is 12.7. The van der Waals surface area contributed by atoms with Gasteiger partial charge < -0.3 is 14.7 Å². The number of carbonyl (C=O) groups is 2. The molecule has 2 heterocycles. The number of amides is 2. The molecule has 2 aromatic rings. The Balaban J connectivity index is 1.48. The minimum Gasteiger partial charge on any atom is -0.361 e. The van der Waals surface area contributed by atoms with E-state index in [1.165, 1.54) is 0 Å². The van der Waals surface area contributed by atoms with Crippen molar-refractivity contribution in [3.63, 3.8) is 0 Å². The molecule has 6 heteroatoms. The lowest BCUT2D eigenvalue weighted by Gasteiger charge is -2.32. The summed E-state index contributed by atoms with van der Waals surface area (Å²) in [6, 6.07) is 9.95. The maximum Gasteiger partial charge on any atom is 0.259 e. The van der Waals surface area contributed by atoms with Gasteiger partial charge in [-0.3, -0.25) is 9.59 Å². The van der Waals surface area contributed by atoms with Gasteiger partial charge in [-0.2, -0.15) is 0 Å². The molecule has 1 N–H and O–H groups in total. The van der Waals surface area contributed by atoms with E-state index in [1.54, 1.807) is 13.8 Å². The number of carbonyl (C=O) groups excluding carboxylic acids is 2. The Kier molecular flexibility index (Phi) is 5.94. The van der Waals surface area contributed by atoms with Gasteiger partial charge in [0.2, 0.25) is 5.91 Å². The fraction of sp³-hybridized carbons (Fsp3) is 0.476. The molecule has 1 atom stereocenters. The van der Waals surface area contributed by atoms with E-state index >= 15 is 0 Å². The van der Waals surface area contributed by atoms with Crippen LogP contribution in [-0.4, -0.2) is 35.0 Å². The SMILES string of the molecule is Cc1noc(C)c1C(=O)N1CCC(CC(=O)N[C@@H](C)c2ccccc2)CC1. The Morgan fingerprint density at radius 3 is 2.48 bits per heavy atom. The third-order valence-corrected chi connectivity index (χ3v) is 5.30. The largest absolute Gasteiger partial charge is 0.361 e. The van der Waals surface area contributed by atoms with Crippen LogP contribution in [0.3, 0.4) is 0 Å². The van der Waals surface area contributed by atoms with Crippen LogP contribution in [0.15, 0.2) is 34.9 Å². The molecule has 1 aliphatic rings. The number of rotatable bonds is 5. The first kappa shape index (κ1) is 19.1. The number of hydrogen-bond donors (Lipinski definition) is 1. The number of likely N-dealkylation sites (tertiary alicyclic amines) is 1. The summed E-state index contributed by atoms with van der Waals surface area (Å²) < 4.78 is 5.10. The second kappa shape index (κ2) is 8.37. The van der Waals surface area contributed by atoms with E-state index in [0.29, 0.717) is 42.4 Å². The molecule has 0 bridgehead atoms. The van der Waals surface area contributed by atoms with Gasteiger partial charge in [-0.25, -0.2) is 0 Å². The standard InChI is InChI=1S/C21H27N3O3/c1-14(18-7-5-4-6-8-18)22-19(25)13-17-9-11-24(12-10-17)21(26)20-15(2)23-27-16(20)3/h4-8,14,17H,9-13H2,1-3H3,(H,22,25)/t14-/m0/s1. The molecule has 144 valence electrons. The number of nitrogens with one attached hydrogen (secondary N) is 1. The van der Waals surface area contributed by atoms with Crippen molar-refractivity contribution in [3.05, 3.63) is 52.9 Å². The van der Waals surface area contributed by atoms with Crippen molar-refractivity contribution >= 4 is 11.8 Å². The Morgan fingerprint density at radius 2 is 1.89 bits per heavy atom. The molecule has 0 unspecified atom stereocenters. The van der Waals surface area contributed by atoms with E-state index in [2.05, 4.69) is 10.5 Å². The van der Waals surface area contributed by atoms with Crippen LogP contribution in [0.5, 0.6) is 0 Å². The van der Waals surface area contributed by atoms with Crippen LogP contribution < -0.4 is 5.32 Å². The molecule has 3 rings (SSSR count). The number of aryl methyl sites for hydroxylation is 2. The van der Waals surface area contributed by atoms with E-state index in [4.69, 9.17) is 4.52 Å². The Hall–Kier alpha value is -2.63. The highest BCUT2D eigenvalue weighted by molar-refractivity contribution is 5.96. The van der Waals surface area contributed by atoms with Crippen molar-refractivity contribution in [2.24, 2.45) is 5.92 Å². The molecule has 1 saturated heterocycles. The van der Waals surface area contributed by atoms with Crippen molar-refractivity contribution in [2.75, 3.05) is 13.1 Å². The normalized spacial score (nSPS) is 16.2. The third-order valence-electron chi connectivity index (χ3n) is 5.30. The predicted octanol–water partition coefficient (Wildman–Crippen LogP) is 3.41. The van der Waals surface area contributed by atoms with Crippen molar-refractivity contribution in [2.45, 2.75) is 46.1 Å². The average Bonchev–Trinajstić information content (AvgIpc) is 3.00. The number of aromatic nitrogens is 1. The highest BCUT2D eigenvalue weighted by atomic mass is 16.5. The zero-order valence-corrected chi connectivity index (χ0v) is 16.2. The predicted molar refractivity (Wildman–Crippen MR) is 102 cm³/mol. The molecule has 0 saturated carbocycles. The Morgan fingerprint density at radius 1 is 1.22 bits per heavy atom. The number of piperidine rings is 1. The molecule has 0 spiro atoms. The Bertz CT molecular complexity index is 773. The van der Waals surface area contributed by atoms with E-state index in [9.17, 15) is 9.59 Å². The van der Waals surface area contributed by atoms with Crippen LogP contribution in [0.2, 0.25) is 0 Å². The van der Waals surface area contributed by atoms with Gasteiger partial charge in [0.25, 0.3) is 5.91 Å². The fourth-order valence-corrected chi connectivity index (χ4v) is 3.67. The minimum atomic E-state index is -0.0214. The lowest BCUT2D eigenvalue weighted by molar-refractivity contribution is -0.122. The smallest absolute Gasteiger partial charge is 0.259 e. The van der Waals surface area contributed by atoms with Gasteiger partial charge in [0.15, 0.2) is 0 Å². The van der Waals surface area contributed by atoms with E-state index < -0.39 is 0 Å². The monoisotopic (exact) mass is 369 g/mol. The van der Waals surface area contributed by atoms with Gasteiger partial charge in [0, 0.05) is 19.5 Å². The summed E-state index contributed by atoms with van der Waals surface area (Å²) in [4.78, 5) is 26.9. The van der Waals surface area contributed by atoms with Crippen LogP contribution in [0.25, 0.3) is 0 Å². The van der Waals surface area contributed by atoms with Crippen LogP contribution in [0.4, 0.5) is 0 Å². The second-order valence-corrected chi connectivity index (χ2v) is 7.34. The molecular weight excluding hydrogens is 342 g/mol. The zero-order valence-electron chi connectivity index (χ0n) is 16.2. The first-order valence-corrected chi connectivity index (χ1v) is 9.52. The van der Waals surface area contributed by atoms with Crippen molar-refractivity contribution in [3.8, 4) is 0 Å². The highest BCUT2D eigenvalue weighted by Gasteiger charge is 2.28. The zero-order chi connectivity index (χ0) is 19.4. The topological polar surface area (TPSA) is 75.4 Å². The summed E-state index contributed by atoms with van der Waals surface area (Å²) in [5.74, 6) is 0.921. The third kappa shape index (κ3) is 4.56. The van der Waals surface area contributed by atoms with Crippen molar-refractivity contribution in [1.82, 2.24) is 15.4 Å². The lowest BCUT2D eigenvalue weighted by atomic mass is 9.92. The summed E-state index contributed by atoms with van der Waals surface area (Å²) in [5.41, 5.74) is 2.31. The maximum absolute atomic E-state index is 12.7. The minimum absolute atomic E-state index is 0.0000850. The quantitative estimate of drug-likeness (QED) is 0.876. The lowest BCUT2D eigenvalue weighted by Crippen LogP contribution is -2.40. The number of benzene rings is 1. The number of hydrogen-bond acceptors (Lipinski definition) is 4. The summed E-state index contributed by atoms with van der Waals surface area (Å²) in [6.45, 7) is 6.87. The van der Waals surface area contributed by atoms with Gasteiger partial charge in [-0.05, 0) is 45.1 Å². The van der Waals surface area contributed by atoms with Crippen molar-refractivity contribution in [1.29, 1.82) is 0 Å². The molecule has 2 amide bonds. The van der Waals surface area contributed by atoms with Crippen LogP contribution >= 0.6 is 0 Å². The first-order chi connectivity index (χ1) is 13.0. The first-order valence-electron chi connectivity index (χ1n) is 9.52. The summed E-state index contributed by atoms with van der Waals surface area (Å²) in [5, 5.41) is 6.94. The molecule has 1 aromatic carbocycles. The molecule has 1 aromatic heterocycles. The molecule has 27 heavy (non-hydrogen) atoms. The number of nitrogens with zero attached hydrogens (tertiary/aromatic N) is 2. The summed E-state index contributed by atoms with van der Waals surface area (Å²) in [6.07, 6.45) is 2.18. The van der Waals surface area contributed by atoms with E-state index in [0.717, 1.165) is 18.4 Å².